The maximum absolute atomic E-state index is 13.7. The predicted octanol–water partition coefficient (Wildman–Crippen LogP) is 5.10. The van der Waals surface area contributed by atoms with Crippen molar-refractivity contribution >= 4 is 23.5 Å². The Balaban J connectivity index is 1.87. The fraction of sp³-hybridized carbons (Fsp3) is 0.286. The number of esters is 1. The zero-order valence-electron chi connectivity index (χ0n) is 20.9. The van der Waals surface area contributed by atoms with Crippen LogP contribution in [0, 0.1) is 6.92 Å². The molecule has 0 heterocycles. The molecule has 0 atom stereocenters. The van der Waals surface area contributed by atoms with Crippen molar-refractivity contribution in [2.75, 3.05) is 34.4 Å². The van der Waals surface area contributed by atoms with Crippen LogP contribution in [0.5, 0.6) is 17.2 Å². The Labute approximate surface area is 216 Å². The minimum Gasteiger partial charge on any atom is -0.493 e. The summed E-state index contributed by atoms with van der Waals surface area (Å²) in [7, 11) is 4.42. The fourth-order valence-corrected chi connectivity index (χ4v) is 4.03. The highest BCUT2D eigenvalue weighted by molar-refractivity contribution is 6.31. The second kappa shape index (κ2) is 12.8. The minimum absolute atomic E-state index is 0.216. The third kappa shape index (κ3) is 6.92. The number of benzene rings is 3. The van der Waals surface area contributed by atoms with Gasteiger partial charge in [0.15, 0.2) is 11.5 Å². The molecule has 36 heavy (non-hydrogen) atoms. The van der Waals surface area contributed by atoms with Gasteiger partial charge in [0.05, 0.1) is 26.9 Å². The van der Waals surface area contributed by atoms with E-state index >= 15 is 0 Å². The van der Waals surface area contributed by atoms with Crippen molar-refractivity contribution in [2.45, 2.75) is 20.0 Å². The quantitative estimate of drug-likeness (QED) is 0.333. The highest BCUT2D eigenvalue weighted by atomic mass is 35.5. The number of amides is 1. The van der Waals surface area contributed by atoms with Gasteiger partial charge in [0.1, 0.15) is 18.9 Å². The van der Waals surface area contributed by atoms with Crippen LogP contribution >= 0.6 is 11.6 Å². The predicted molar refractivity (Wildman–Crippen MR) is 138 cm³/mol. The van der Waals surface area contributed by atoms with E-state index < -0.39 is 5.97 Å². The molecule has 0 aliphatic heterocycles. The zero-order valence-corrected chi connectivity index (χ0v) is 21.6. The molecule has 3 aromatic rings. The molecule has 0 saturated carbocycles. The molecular weight excluding hydrogens is 482 g/mol. The van der Waals surface area contributed by atoms with Gasteiger partial charge in [-0.05, 0) is 54.3 Å². The maximum atomic E-state index is 13.7. The monoisotopic (exact) mass is 511 g/mol. The first-order valence-electron chi connectivity index (χ1n) is 11.4. The molecule has 0 spiro atoms. The van der Waals surface area contributed by atoms with Crippen LogP contribution in [-0.4, -0.2) is 51.2 Å². The summed E-state index contributed by atoms with van der Waals surface area (Å²) in [4.78, 5) is 27.3. The van der Waals surface area contributed by atoms with Crippen LogP contribution in [0.15, 0.2) is 60.7 Å². The SMILES string of the molecule is COC(=O)CN(CCc1ccc(OC)c(OC)c1)C(=O)c1cc(Cl)cc(C)c1OCc1ccccc1. The first-order valence-corrected chi connectivity index (χ1v) is 11.8. The molecule has 0 bridgehead atoms. The first-order chi connectivity index (χ1) is 17.4. The van der Waals surface area contributed by atoms with Crippen molar-refractivity contribution < 1.29 is 28.5 Å². The Bertz CT molecular complexity index is 1200. The van der Waals surface area contributed by atoms with Gasteiger partial charge in [0.25, 0.3) is 5.91 Å². The van der Waals surface area contributed by atoms with Crippen molar-refractivity contribution in [3.8, 4) is 17.2 Å². The molecule has 8 heteroatoms. The lowest BCUT2D eigenvalue weighted by Gasteiger charge is -2.24. The number of nitrogens with zero attached hydrogens (tertiary/aromatic N) is 1. The Morgan fingerprint density at radius 2 is 1.61 bits per heavy atom. The lowest BCUT2D eigenvalue weighted by molar-refractivity contribution is -0.141. The maximum Gasteiger partial charge on any atom is 0.325 e. The number of methoxy groups -OCH3 is 3. The van der Waals surface area contributed by atoms with E-state index in [-0.39, 0.29) is 31.2 Å². The summed E-state index contributed by atoms with van der Waals surface area (Å²) in [5.74, 6) is 0.714. The summed E-state index contributed by atoms with van der Waals surface area (Å²) < 4.78 is 21.6. The van der Waals surface area contributed by atoms with Gasteiger partial charge in [-0.3, -0.25) is 9.59 Å². The van der Waals surface area contributed by atoms with E-state index in [0.717, 1.165) is 16.7 Å². The largest absolute Gasteiger partial charge is 0.493 e. The molecule has 0 N–H and O–H groups in total. The van der Waals surface area contributed by atoms with Crippen LogP contribution < -0.4 is 14.2 Å². The van der Waals surface area contributed by atoms with Crippen molar-refractivity contribution in [1.29, 1.82) is 0 Å². The topological polar surface area (TPSA) is 74.3 Å². The first kappa shape index (κ1) is 26.9. The number of halogens is 1. The van der Waals surface area contributed by atoms with Gasteiger partial charge in [-0.2, -0.15) is 0 Å². The van der Waals surface area contributed by atoms with Gasteiger partial charge in [0.2, 0.25) is 0 Å². The molecule has 3 rings (SSSR count). The van der Waals surface area contributed by atoms with E-state index in [1.807, 2.05) is 49.4 Å². The number of carbonyl (C=O) groups excluding carboxylic acids is 2. The van der Waals surface area contributed by atoms with E-state index in [4.69, 9.17) is 30.5 Å². The summed E-state index contributed by atoms with van der Waals surface area (Å²) in [5.41, 5.74) is 2.88. The normalized spacial score (nSPS) is 10.5. The molecule has 0 saturated heterocycles. The zero-order chi connectivity index (χ0) is 26.1. The third-order valence-electron chi connectivity index (χ3n) is 5.65. The standard InChI is InChI=1S/C28H30ClNO6/c1-19-14-22(29)16-23(27(19)36-18-21-8-6-5-7-9-21)28(32)30(17-26(31)35-4)13-12-20-10-11-24(33-2)25(15-20)34-3/h5-11,14-16H,12-13,17-18H2,1-4H3. The second-order valence-electron chi connectivity index (χ2n) is 8.12. The highest BCUT2D eigenvalue weighted by Crippen LogP contribution is 2.31. The number of aryl methyl sites for hydroxylation is 1. The van der Waals surface area contributed by atoms with E-state index in [1.165, 1.54) is 12.0 Å². The van der Waals surface area contributed by atoms with E-state index in [0.29, 0.717) is 28.7 Å². The number of hydrogen-bond donors (Lipinski definition) is 0. The fourth-order valence-electron chi connectivity index (χ4n) is 3.75. The van der Waals surface area contributed by atoms with Crippen LogP contribution in [0.4, 0.5) is 0 Å². The lowest BCUT2D eigenvalue weighted by Crippen LogP contribution is -2.38. The Morgan fingerprint density at radius 3 is 2.28 bits per heavy atom. The summed E-state index contributed by atoms with van der Waals surface area (Å²) in [5, 5.41) is 0.404. The lowest BCUT2D eigenvalue weighted by atomic mass is 10.1. The number of ether oxygens (including phenoxy) is 4. The van der Waals surface area contributed by atoms with Gasteiger partial charge >= 0.3 is 5.97 Å². The molecule has 0 fully saturated rings. The third-order valence-corrected chi connectivity index (χ3v) is 5.87. The average Bonchev–Trinajstić information content (AvgIpc) is 2.89. The molecule has 0 radical (unpaired) electrons. The summed E-state index contributed by atoms with van der Waals surface area (Å²) in [6.45, 7) is 2.16. The van der Waals surface area contributed by atoms with Crippen molar-refractivity contribution in [2.24, 2.45) is 0 Å². The Kier molecular flexibility index (Phi) is 9.59. The number of rotatable bonds is 11. The molecule has 0 aliphatic rings. The molecule has 0 aromatic heterocycles. The van der Waals surface area contributed by atoms with Crippen LogP contribution in [0.25, 0.3) is 0 Å². The van der Waals surface area contributed by atoms with Crippen LogP contribution in [0.3, 0.4) is 0 Å². The summed E-state index contributed by atoms with van der Waals surface area (Å²) in [6.07, 6.45) is 0.475. The summed E-state index contributed by atoms with van der Waals surface area (Å²) >= 11 is 6.31. The van der Waals surface area contributed by atoms with Crippen LogP contribution in [-0.2, 0) is 22.6 Å². The van der Waals surface area contributed by atoms with E-state index in [9.17, 15) is 9.59 Å². The summed E-state index contributed by atoms with van der Waals surface area (Å²) in [6, 6.07) is 18.5. The van der Waals surface area contributed by atoms with E-state index in [2.05, 4.69) is 0 Å². The highest BCUT2D eigenvalue weighted by Gasteiger charge is 2.24. The smallest absolute Gasteiger partial charge is 0.325 e. The number of hydrogen-bond acceptors (Lipinski definition) is 6. The van der Waals surface area contributed by atoms with Gasteiger partial charge in [-0.25, -0.2) is 0 Å². The second-order valence-corrected chi connectivity index (χ2v) is 8.55. The molecule has 3 aromatic carbocycles. The molecule has 0 unspecified atom stereocenters. The van der Waals surface area contributed by atoms with E-state index in [1.54, 1.807) is 32.4 Å². The Hall–Kier alpha value is -3.71. The van der Waals surface area contributed by atoms with Crippen molar-refractivity contribution in [3.05, 3.63) is 87.9 Å². The van der Waals surface area contributed by atoms with Crippen molar-refractivity contribution in [3.63, 3.8) is 0 Å². The molecule has 1 amide bonds. The number of carbonyl (C=O) groups is 2. The molecule has 190 valence electrons. The van der Waals surface area contributed by atoms with Gasteiger partial charge in [-0.15, -0.1) is 0 Å². The molecular formula is C28H30ClNO6. The molecule has 0 aliphatic carbocycles. The molecule has 7 nitrogen and oxygen atoms in total. The van der Waals surface area contributed by atoms with Gasteiger partial charge in [0, 0.05) is 11.6 Å². The van der Waals surface area contributed by atoms with Crippen LogP contribution in [0.1, 0.15) is 27.0 Å². The van der Waals surface area contributed by atoms with Gasteiger partial charge < -0.3 is 23.8 Å². The van der Waals surface area contributed by atoms with Crippen molar-refractivity contribution in [1.82, 2.24) is 4.90 Å². The average molecular weight is 512 g/mol. The van der Waals surface area contributed by atoms with Gasteiger partial charge in [-0.1, -0.05) is 48.0 Å². The Morgan fingerprint density at radius 1 is 0.889 bits per heavy atom. The minimum atomic E-state index is -0.527. The van der Waals surface area contributed by atoms with Crippen LogP contribution in [0.2, 0.25) is 5.02 Å².